The number of hydrogen-bond donors (Lipinski definition) is 1. The Morgan fingerprint density at radius 1 is 1.40 bits per heavy atom. The number of benzene rings is 1. The second-order valence-corrected chi connectivity index (χ2v) is 2.78. The normalized spacial score (nSPS) is 11.2. The fraction of sp³-hybridized carbons (Fsp3) is 0.333. The Bertz CT molecular complexity index is 365. The minimum Gasteiger partial charge on any atom is -0.597 e. The summed E-state index contributed by atoms with van der Waals surface area (Å²) in [6.45, 7) is -0.0797. The zero-order chi connectivity index (χ0) is 11.3. The van der Waals surface area contributed by atoms with E-state index in [1.54, 1.807) is 18.2 Å². The average Bonchev–Trinajstić information content (AvgIpc) is 2.29. The van der Waals surface area contributed by atoms with Crippen LogP contribution >= 0.6 is 0 Å². The van der Waals surface area contributed by atoms with Gasteiger partial charge in [0.25, 0.3) is 0 Å². The van der Waals surface area contributed by atoms with Crippen LogP contribution in [0.15, 0.2) is 23.5 Å². The molecule has 0 aliphatic rings. The van der Waals surface area contributed by atoms with Crippen molar-refractivity contribution in [3.05, 3.63) is 29.0 Å². The van der Waals surface area contributed by atoms with Crippen molar-refractivity contribution >= 4 is 0 Å². The molecule has 0 fully saturated rings. The van der Waals surface area contributed by atoms with E-state index in [2.05, 4.69) is 5.28 Å². The third-order valence-electron chi connectivity index (χ3n) is 1.90. The molecule has 0 aromatic heterocycles. The van der Waals surface area contributed by atoms with E-state index in [-0.39, 0.29) is 11.4 Å². The molecule has 0 saturated heterocycles. The average molecular weight is 212 g/mol. The Hall–Kier alpha value is -1.98. The van der Waals surface area contributed by atoms with Gasteiger partial charge in [0.15, 0.2) is 5.28 Å². The number of methoxy groups -OCH3 is 2. The summed E-state index contributed by atoms with van der Waals surface area (Å²) < 4.78 is 10.1. The van der Waals surface area contributed by atoms with Gasteiger partial charge in [0.2, 0.25) is 6.54 Å². The number of hydrogen-bond acceptors (Lipinski definition) is 4. The molecule has 1 aromatic rings. The summed E-state index contributed by atoms with van der Waals surface area (Å²) in [7, 11) is 3.03. The molecule has 1 rings (SSSR count). The fourth-order valence-corrected chi connectivity index (χ4v) is 1.16. The minimum absolute atomic E-state index is 0.0797. The van der Waals surface area contributed by atoms with Crippen LogP contribution < -0.4 is 9.47 Å². The van der Waals surface area contributed by atoms with Crippen molar-refractivity contribution in [2.75, 3.05) is 14.2 Å². The van der Waals surface area contributed by atoms with Gasteiger partial charge in [-0.05, 0) is 12.1 Å². The van der Waals surface area contributed by atoms with E-state index >= 15 is 0 Å². The first kappa shape index (κ1) is 11.1. The maximum absolute atomic E-state index is 10.8. The van der Waals surface area contributed by atoms with Crippen LogP contribution in [0.25, 0.3) is 0 Å². The molecular weight excluding hydrogens is 200 g/mol. The molecule has 6 nitrogen and oxygen atoms in total. The van der Waals surface area contributed by atoms with Crippen molar-refractivity contribution in [2.24, 2.45) is 5.28 Å². The van der Waals surface area contributed by atoms with Crippen LogP contribution in [0, 0.1) is 5.21 Å². The topological polar surface area (TPSA) is 77.1 Å². The van der Waals surface area contributed by atoms with E-state index in [0.717, 1.165) is 0 Å². The van der Waals surface area contributed by atoms with Crippen molar-refractivity contribution in [1.29, 1.82) is 0 Å². The molecule has 0 atom stereocenters. The first-order valence-electron chi connectivity index (χ1n) is 4.22. The molecule has 0 aliphatic carbocycles. The van der Waals surface area contributed by atoms with Crippen LogP contribution in [-0.4, -0.2) is 24.3 Å². The molecule has 0 heterocycles. The summed E-state index contributed by atoms with van der Waals surface area (Å²) in [5.74, 6) is 1.15. The molecule has 0 spiro atoms. The lowest BCUT2D eigenvalue weighted by Gasteiger charge is -2.08. The highest BCUT2D eigenvalue weighted by Crippen LogP contribution is 2.24. The minimum atomic E-state index is -0.0797. The first-order valence-corrected chi connectivity index (χ1v) is 4.22. The zero-order valence-electron chi connectivity index (χ0n) is 8.51. The number of nitrogens with zero attached hydrogens (tertiary/aromatic N) is 2. The monoisotopic (exact) mass is 212 g/mol. The van der Waals surface area contributed by atoms with E-state index < -0.39 is 0 Å². The molecule has 0 aliphatic heterocycles. The quantitative estimate of drug-likeness (QED) is 0.466. The molecule has 0 amide bonds. The van der Waals surface area contributed by atoms with Gasteiger partial charge in [0.1, 0.15) is 11.5 Å². The highest BCUT2D eigenvalue weighted by atomic mass is 16.6. The Morgan fingerprint density at radius 2 is 2.13 bits per heavy atom. The highest BCUT2D eigenvalue weighted by molar-refractivity contribution is 5.40. The molecule has 1 N–H and O–H groups in total. The van der Waals surface area contributed by atoms with Crippen LogP contribution in [0.2, 0.25) is 0 Å². The standard InChI is InChI=1S/C9H12N2O4/c1-14-8-4-3-7(6-11(13)10-12)9(5-8)15-2/h3-5,12H,6H2,1-2H3. The lowest BCUT2D eigenvalue weighted by Crippen LogP contribution is -2.02. The van der Waals surface area contributed by atoms with Gasteiger partial charge in [-0.2, -0.15) is 0 Å². The smallest absolute Gasteiger partial charge is 0.212 e. The van der Waals surface area contributed by atoms with Gasteiger partial charge in [-0.1, -0.05) is 4.86 Å². The lowest BCUT2D eigenvalue weighted by atomic mass is 10.2. The maximum atomic E-state index is 10.8. The third-order valence-corrected chi connectivity index (χ3v) is 1.90. The zero-order valence-corrected chi connectivity index (χ0v) is 8.51. The van der Waals surface area contributed by atoms with E-state index in [1.165, 1.54) is 14.2 Å². The predicted octanol–water partition coefficient (Wildman–Crippen LogP) is 1.56. The van der Waals surface area contributed by atoms with Crippen LogP contribution in [0.3, 0.4) is 0 Å². The number of ether oxygens (including phenoxy) is 2. The SMILES string of the molecule is COc1ccc(C[N+]([O-])=NO)c(OC)c1. The predicted molar refractivity (Wildman–Crippen MR) is 51.1 cm³/mol. The largest absolute Gasteiger partial charge is 0.597 e. The van der Waals surface area contributed by atoms with Crippen molar-refractivity contribution in [3.8, 4) is 11.5 Å². The third kappa shape index (κ3) is 2.73. The highest BCUT2D eigenvalue weighted by Gasteiger charge is 2.09. The molecule has 82 valence electrons. The van der Waals surface area contributed by atoms with Crippen LogP contribution in [0.5, 0.6) is 11.5 Å². The summed E-state index contributed by atoms with van der Waals surface area (Å²) in [6, 6.07) is 5.03. The van der Waals surface area contributed by atoms with E-state index in [1.807, 2.05) is 0 Å². The Labute approximate surface area is 86.9 Å². The van der Waals surface area contributed by atoms with E-state index in [4.69, 9.17) is 14.7 Å². The number of rotatable bonds is 4. The first-order chi connectivity index (χ1) is 7.21. The van der Waals surface area contributed by atoms with Gasteiger partial charge < -0.3 is 19.9 Å². The molecule has 0 saturated carbocycles. The van der Waals surface area contributed by atoms with Crippen LogP contribution in [-0.2, 0) is 6.54 Å². The van der Waals surface area contributed by atoms with Gasteiger partial charge in [0.05, 0.1) is 19.8 Å². The second kappa shape index (κ2) is 5.04. The molecule has 15 heavy (non-hydrogen) atoms. The second-order valence-electron chi connectivity index (χ2n) is 2.78. The van der Waals surface area contributed by atoms with Crippen molar-refractivity contribution in [2.45, 2.75) is 6.54 Å². The van der Waals surface area contributed by atoms with Gasteiger partial charge >= 0.3 is 0 Å². The number of hydroxylamine groups is 1. The van der Waals surface area contributed by atoms with Crippen LogP contribution in [0.1, 0.15) is 5.56 Å². The van der Waals surface area contributed by atoms with Gasteiger partial charge in [-0.25, -0.2) is 0 Å². The molecule has 1 aromatic carbocycles. The Balaban J connectivity index is 2.97. The summed E-state index contributed by atoms with van der Waals surface area (Å²) in [5, 5.41) is 21.5. The van der Waals surface area contributed by atoms with E-state index in [9.17, 15) is 5.21 Å². The summed E-state index contributed by atoms with van der Waals surface area (Å²) in [4.78, 5) is 0.157. The summed E-state index contributed by atoms with van der Waals surface area (Å²) in [6.07, 6.45) is 0. The van der Waals surface area contributed by atoms with Gasteiger partial charge in [-0.3, -0.25) is 0 Å². The lowest BCUT2D eigenvalue weighted by molar-refractivity contribution is -0.570. The fourth-order valence-electron chi connectivity index (χ4n) is 1.16. The van der Waals surface area contributed by atoms with Crippen molar-refractivity contribution in [1.82, 2.24) is 0 Å². The van der Waals surface area contributed by atoms with Crippen LogP contribution in [0.4, 0.5) is 0 Å². The molecular formula is C9H12N2O4. The van der Waals surface area contributed by atoms with Gasteiger partial charge in [-0.15, -0.1) is 0 Å². The molecule has 0 bridgehead atoms. The van der Waals surface area contributed by atoms with Gasteiger partial charge in [0, 0.05) is 6.07 Å². The molecule has 0 radical (unpaired) electrons. The Morgan fingerprint density at radius 3 is 2.67 bits per heavy atom. The summed E-state index contributed by atoms with van der Waals surface area (Å²) >= 11 is 0. The van der Waals surface area contributed by atoms with Crippen molar-refractivity contribution in [3.63, 3.8) is 0 Å². The summed E-state index contributed by atoms with van der Waals surface area (Å²) in [5.41, 5.74) is 0.617. The Kier molecular flexibility index (Phi) is 3.73. The molecule has 0 unspecified atom stereocenters. The van der Waals surface area contributed by atoms with Crippen molar-refractivity contribution < 1.29 is 19.5 Å². The van der Waals surface area contributed by atoms with E-state index in [0.29, 0.717) is 17.1 Å². The molecule has 6 heteroatoms. The maximum Gasteiger partial charge on any atom is 0.212 e.